The van der Waals surface area contributed by atoms with Crippen molar-refractivity contribution in [2.24, 2.45) is 0 Å². The first kappa shape index (κ1) is 58.1. The van der Waals surface area contributed by atoms with Crippen LogP contribution >= 0.6 is 0 Å². The summed E-state index contributed by atoms with van der Waals surface area (Å²) in [5, 5.41) is 177. The quantitative estimate of drug-likeness (QED) is 0.0682. The highest BCUT2D eigenvalue weighted by Crippen LogP contribution is 2.39. The smallest absolute Gasteiger partial charge is 0.217 e. The number of hydrogen-bond acceptors (Lipinski definition) is 29. The van der Waals surface area contributed by atoms with Crippen LogP contribution in [0.2, 0.25) is 0 Å². The molecule has 0 aromatic rings. The lowest BCUT2D eigenvalue weighted by Gasteiger charge is -2.52. The molecule has 6 aliphatic rings. The number of aliphatic hydroxyl groups is 16. The highest BCUT2D eigenvalue weighted by Gasteiger charge is 2.59. The number of aliphatic hydroxyl groups excluding tert-OH is 16. The first-order chi connectivity index (χ1) is 33.5. The van der Waals surface area contributed by atoms with Crippen LogP contribution in [0.15, 0.2) is 0 Å². The van der Waals surface area contributed by atoms with Crippen molar-refractivity contribution in [2.75, 3.05) is 26.4 Å². The maximum absolute atomic E-state index is 13.1. The molecule has 30 atom stereocenters. The Balaban J connectivity index is 1.46. The van der Waals surface area contributed by atoms with Crippen molar-refractivity contribution in [3.63, 3.8) is 0 Å². The van der Waals surface area contributed by atoms with Gasteiger partial charge in [0.2, 0.25) is 11.8 Å². The molecule has 0 spiro atoms. The fourth-order valence-corrected chi connectivity index (χ4v) is 9.17. The van der Waals surface area contributed by atoms with E-state index < -0.39 is 222 Å². The zero-order chi connectivity index (χ0) is 52.5. The third kappa shape index (κ3) is 12.4. The Bertz CT molecular complexity index is 1710. The predicted octanol–water partition coefficient (Wildman–Crippen LogP) is -11.8. The third-order valence-corrected chi connectivity index (χ3v) is 13.2. The number of ether oxygens (including phenoxy) is 11. The van der Waals surface area contributed by atoms with E-state index in [9.17, 15) is 91.3 Å². The van der Waals surface area contributed by atoms with E-state index in [1.54, 1.807) is 0 Å². The summed E-state index contributed by atoms with van der Waals surface area (Å²) < 4.78 is 65.4. The van der Waals surface area contributed by atoms with Crippen LogP contribution in [0.3, 0.4) is 0 Å². The Morgan fingerprint density at radius 1 is 0.366 bits per heavy atom. The van der Waals surface area contributed by atoms with Crippen molar-refractivity contribution in [3.05, 3.63) is 0 Å². The van der Waals surface area contributed by atoms with E-state index >= 15 is 0 Å². The minimum atomic E-state index is -2.17. The van der Waals surface area contributed by atoms with Crippen LogP contribution < -0.4 is 10.6 Å². The molecular formula is C40H68N2O29. The summed E-state index contributed by atoms with van der Waals surface area (Å²) >= 11 is 0. The molecule has 18 N–H and O–H groups in total. The Hall–Kier alpha value is -2.14. The molecule has 31 nitrogen and oxygen atoms in total. The molecule has 0 radical (unpaired) electrons. The van der Waals surface area contributed by atoms with Gasteiger partial charge in [-0.25, -0.2) is 0 Å². The summed E-state index contributed by atoms with van der Waals surface area (Å²) in [5.74, 6) is -1.64. The molecule has 6 aliphatic heterocycles. The Morgan fingerprint density at radius 2 is 0.732 bits per heavy atom. The lowest BCUT2D eigenvalue weighted by atomic mass is 9.93. The molecule has 6 heterocycles. The SMILES string of the molecule is CC(=O)N[C@H]1[C@H](O[C@H]2[C@@H](O)[C@@H](CO)OC(O)[C@@H]2NC(C)=O)O[C@H](CO)[C@@H](O[C@@H]2O[C@H](CO)[C@H](O)[C@H](O[C@H]3O[C@H](CO)[C@H](O)[C@H](O)[C@H]3O)[C@H]2O[C@@H]2O[C@@H](C)[C@@H](O)[C@@H](O)[C@@H]2O)[C@@H]1O[C@@H]1O[C@@H](C)[C@@H](O)[C@@H](O)[C@@H]1O. The Morgan fingerprint density at radius 3 is 1.24 bits per heavy atom. The second kappa shape index (κ2) is 24.7. The molecule has 412 valence electrons. The van der Waals surface area contributed by atoms with Crippen LogP contribution in [0.1, 0.15) is 27.7 Å². The van der Waals surface area contributed by atoms with Gasteiger partial charge in [-0.3, -0.25) is 9.59 Å². The lowest BCUT2D eigenvalue weighted by Crippen LogP contribution is -2.72. The van der Waals surface area contributed by atoms with Gasteiger partial charge in [0.25, 0.3) is 0 Å². The molecule has 1 unspecified atom stereocenters. The maximum Gasteiger partial charge on any atom is 0.217 e. The van der Waals surface area contributed by atoms with Gasteiger partial charge in [0, 0.05) is 13.8 Å². The van der Waals surface area contributed by atoms with Crippen LogP contribution in [0.5, 0.6) is 0 Å². The van der Waals surface area contributed by atoms with Gasteiger partial charge < -0.3 is 144 Å². The summed E-state index contributed by atoms with van der Waals surface area (Å²) in [6.45, 7) is 0.639. The topological polar surface area (TPSA) is 483 Å². The van der Waals surface area contributed by atoms with Crippen molar-refractivity contribution in [1.82, 2.24) is 10.6 Å². The van der Waals surface area contributed by atoms with E-state index in [1.807, 2.05) is 0 Å². The fourth-order valence-electron chi connectivity index (χ4n) is 9.17. The summed E-state index contributed by atoms with van der Waals surface area (Å²) in [6.07, 6.45) is -52.7. The van der Waals surface area contributed by atoms with Gasteiger partial charge in [-0.2, -0.15) is 0 Å². The Kier molecular flexibility index (Phi) is 20.2. The van der Waals surface area contributed by atoms with Gasteiger partial charge in [-0.15, -0.1) is 0 Å². The van der Waals surface area contributed by atoms with E-state index in [-0.39, 0.29) is 0 Å². The number of carbonyl (C=O) groups is 2. The van der Waals surface area contributed by atoms with E-state index in [4.69, 9.17) is 52.1 Å². The van der Waals surface area contributed by atoms with Crippen molar-refractivity contribution in [2.45, 2.75) is 212 Å². The Labute approximate surface area is 403 Å². The molecule has 6 saturated heterocycles. The highest BCUT2D eigenvalue weighted by atomic mass is 16.8. The summed E-state index contributed by atoms with van der Waals surface area (Å²) in [6, 6.07) is -3.44. The zero-order valence-electron chi connectivity index (χ0n) is 38.6. The third-order valence-electron chi connectivity index (χ3n) is 13.2. The molecule has 0 bridgehead atoms. The molecular weight excluding hydrogens is 972 g/mol. The lowest BCUT2D eigenvalue weighted by molar-refractivity contribution is -0.409. The predicted molar refractivity (Wildman–Crippen MR) is 220 cm³/mol. The minimum absolute atomic E-state index is 0.763. The molecule has 0 aliphatic carbocycles. The second-order valence-corrected chi connectivity index (χ2v) is 18.2. The van der Waals surface area contributed by atoms with Gasteiger partial charge in [-0.05, 0) is 13.8 Å². The normalized spacial score (nSPS) is 50.8. The van der Waals surface area contributed by atoms with E-state index in [2.05, 4.69) is 10.6 Å². The average Bonchev–Trinajstić information content (AvgIpc) is 3.33. The van der Waals surface area contributed by atoms with Gasteiger partial charge in [0.05, 0.1) is 38.6 Å². The zero-order valence-corrected chi connectivity index (χ0v) is 38.6. The molecule has 71 heavy (non-hydrogen) atoms. The molecule has 0 aromatic heterocycles. The van der Waals surface area contributed by atoms with Crippen LogP contribution in [-0.2, 0) is 61.7 Å². The van der Waals surface area contributed by atoms with Crippen LogP contribution in [0.4, 0.5) is 0 Å². The number of amides is 2. The second-order valence-electron chi connectivity index (χ2n) is 18.2. The summed E-state index contributed by atoms with van der Waals surface area (Å²) in [5.41, 5.74) is 0. The van der Waals surface area contributed by atoms with Crippen molar-refractivity contribution < 1.29 is 143 Å². The van der Waals surface area contributed by atoms with Crippen molar-refractivity contribution >= 4 is 11.8 Å². The maximum atomic E-state index is 13.1. The largest absolute Gasteiger partial charge is 0.394 e. The van der Waals surface area contributed by atoms with Gasteiger partial charge in [0.1, 0.15) is 134 Å². The molecule has 6 fully saturated rings. The number of rotatable bonds is 16. The van der Waals surface area contributed by atoms with Gasteiger partial charge in [-0.1, -0.05) is 0 Å². The van der Waals surface area contributed by atoms with Crippen molar-refractivity contribution in [3.8, 4) is 0 Å². The van der Waals surface area contributed by atoms with E-state index in [1.165, 1.54) is 13.8 Å². The van der Waals surface area contributed by atoms with Gasteiger partial charge >= 0.3 is 0 Å². The van der Waals surface area contributed by atoms with E-state index in [0.29, 0.717) is 0 Å². The molecule has 31 heteroatoms. The highest BCUT2D eigenvalue weighted by molar-refractivity contribution is 5.73. The minimum Gasteiger partial charge on any atom is -0.394 e. The van der Waals surface area contributed by atoms with Gasteiger partial charge in [0.15, 0.2) is 37.7 Å². The first-order valence-corrected chi connectivity index (χ1v) is 22.8. The number of hydrogen-bond donors (Lipinski definition) is 18. The fraction of sp³-hybridized carbons (Fsp3) is 0.950. The standard InChI is InChI=1S/C40H68N2O29/c1-9-19(49)24(54)27(57)37(61-9)69-32-18(42-12(4)48)36(68-31-17(41-11(3)47)35(60)63-14(6-44)22(31)52)66-16(8-46)30(32)67-40-34(71-38-28(58)25(55)20(50)10(2)62-38)33(23(53)15(7-45)65-40)70-39-29(59)26(56)21(51)13(5-43)64-39/h9-10,13-40,43-46,49-60H,5-8H2,1-4H3,(H,41,47)(H,42,48)/t9-,10-,13+,14+,15+,16+,17+,18+,19+,20+,21-,22-,23-,24+,25+,26-,27-,28-,29+,30+,31+,32+,33-,34+,35?,36-,37-,38-,39+,40-/m0/s1. The molecule has 0 aromatic carbocycles. The monoisotopic (exact) mass is 1040 g/mol. The number of carbonyl (C=O) groups excluding carboxylic acids is 2. The van der Waals surface area contributed by atoms with Crippen LogP contribution in [-0.4, -0.2) is 304 Å². The van der Waals surface area contributed by atoms with E-state index in [0.717, 1.165) is 13.8 Å². The van der Waals surface area contributed by atoms with Crippen LogP contribution in [0, 0.1) is 0 Å². The summed E-state index contributed by atoms with van der Waals surface area (Å²) in [4.78, 5) is 25.4. The number of nitrogens with one attached hydrogen (secondary N) is 2. The first-order valence-electron chi connectivity index (χ1n) is 22.8. The average molecular weight is 1040 g/mol. The summed E-state index contributed by atoms with van der Waals surface area (Å²) in [7, 11) is 0. The molecule has 0 saturated carbocycles. The van der Waals surface area contributed by atoms with Crippen molar-refractivity contribution in [1.29, 1.82) is 0 Å². The molecule has 6 rings (SSSR count). The molecule has 2 amide bonds. The van der Waals surface area contributed by atoms with Crippen LogP contribution in [0.25, 0.3) is 0 Å².